The minimum absolute atomic E-state index is 0.124. The lowest BCUT2D eigenvalue weighted by molar-refractivity contribution is -0.164. The Kier molecular flexibility index (Phi) is 9.76. The molecule has 0 radical (unpaired) electrons. The lowest BCUT2D eigenvalue weighted by Gasteiger charge is -2.26. The third-order valence-corrected chi connectivity index (χ3v) is 5.76. The van der Waals surface area contributed by atoms with Crippen molar-refractivity contribution in [3.8, 4) is 0 Å². The number of anilines is 1. The topological polar surface area (TPSA) is 112 Å². The van der Waals surface area contributed by atoms with Crippen LogP contribution in [0, 0.1) is 11.7 Å². The third kappa shape index (κ3) is 7.00. The molecule has 2 aromatic rings. The molecule has 0 aromatic heterocycles. The van der Waals surface area contributed by atoms with Crippen LogP contribution >= 0.6 is 34.5 Å². The van der Waals surface area contributed by atoms with Gasteiger partial charge in [0.25, 0.3) is 5.91 Å². The summed E-state index contributed by atoms with van der Waals surface area (Å²) in [5, 5.41) is 11.4. The van der Waals surface area contributed by atoms with Gasteiger partial charge in [-0.1, -0.05) is 37.6 Å². The van der Waals surface area contributed by atoms with E-state index in [4.69, 9.17) is 16.3 Å². The van der Waals surface area contributed by atoms with E-state index in [1.54, 1.807) is 32.0 Å². The Hall–Kier alpha value is -3.06. The maximum absolute atomic E-state index is 13.5. The van der Waals surface area contributed by atoms with Gasteiger partial charge in [0.05, 0.1) is 35.1 Å². The Bertz CT molecular complexity index is 1180. The van der Waals surface area contributed by atoms with Crippen molar-refractivity contribution >= 4 is 70.5 Å². The summed E-state index contributed by atoms with van der Waals surface area (Å²) >= 11 is 7.94. The van der Waals surface area contributed by atoms with E-state index in [9.17, 15) is 18.8 Å². The summed E-state index contributed by atoms with van der Waals surface area (Å²) < 4.78 is 22.8. The standard InChI is InChI=1S/C24H24ClFIN5O4/c1-14(2)24(35)36-21(15-3-6-18(26)7-4-15)23(34)32-20(9-10-31-32)22(33)28-12-16-11-17(25)5-8-19(16)29-13-30-27/h3-8,10-11,13-14,20-21H,9,12H2,1-2H3,(H,28,33)(H,29,30). The Labute approximate surface area is 226 Å². The molecule has 1 aliphatic heterocycles. The van der Waals surface area contributed by atoms with E-state index < -0.39 is 41.7 Å². The molecule has 2 aromatic carbocycles. The molecule has 0 fully saturated rings. The molecular formula is C24H24ClFIN5O4. The second-order valence-electron chi connectivity index (χ2n) is 8.15. The summed E-state index contributed by atoms with van der Waals surface area (Å²) in [6.45, 7) is 3.38. The van der Waals surface area contributed by atoms with Gasteiger partial charge in [0.2, 0.25) is 12.0 Å². The molecule has 0 bridgehead atoms. The van der Waals surface area contributed by atoms with Crippen molar-refractivity contribution in [2.24, 2.45) is 14.2 Å². The molecule has 0 spiro atoms. The van der Waals surface area contributed by atoms with Gasteiger partial charge in [-0.3, -0.25) is 14.4 Å². The highest BCUT2D eigenvalue weighted by Gasteiger charge is 2.39. The van der Waals surface area contributed by atoms with Crippen LogP contribution in [-0.2, 0) is 25.7 Å². The fraction of sp³-hybridized carbons (Fsp3) is 0.292. The third-order valence-electron chi connectivity index (χ3n) is 5.25. The Balaban J connectivity index is 1.77. The zero-order valence-corrected chi connectivity index (χ0v) is 22.4. The zero-order valence-electron chi connectivity index (χ0n) is 19.5. The first kappa shape index (κ1) is 27.5. The van der Waals surface area contributed by atoms with Crippen molar-refractivity contribution in [2.45, 2.75) is 39.0 Å². The summed E-state index contributed by atoms with van der Waals surface area (Å²) in [7, 11) is 0. The number of amides is 2. The van der Waals surface area contributed by atoms with E-state index in [1.165, 1.54) is 24.7 Å². The Morgan fingerprint density at radius 3 is 2.67 bits per heavy atom. The van der Waals surface area contributed by atoms with Crippen LogP contribution in [0.1, 0.15) is 37.5 Å². The van der Waals surface area contributed by atoms with Crippen LogP contribution in [0.15, 0.2) is 50.8 Å². The van der Waals surface area contributed by atoms with Gasteiger partial charge in [-0.15, -0.1) is 0 Å². The predicted molar refractivity (Wildman–Crippen MR) is 143 cm³/mol. The molecule has 0 saturated carbocycles. The van der Waals surface area contributed by atoms with Gasteiger partial charge in [0.15, 0.2) is 0 Å². The second-order valence-corrected chi connectivity index (χ2v) is 9.14. The minimum Gasteiger partial charge on any atom is -0.447 e. The molecule has 1 heterocycles. The highest BCUT2D eigenvalue weighted by Crippen LogP contribution is 2.26. The molecular weight excluding hydrogens is 604 g/mol. The fourth-order valence-corrected chi connectivity index (χ4v) is 3.69. The Morgan fingerprint density at radius 1 is 1.28 bits per heavy atom. The van der Waals surface area contributed by atoms with Crippen molar-refractivity contribution in [1.29, 1.82) is 0 Å². The molecule has 1 aliphatic rings. The van der Waals surface area contributed by atoms with Gasteiger partial charge >= 0.3 is 5.97 Å². The van der Waals surface area contributed by atoms with Gasteiger partial charge in [-0.2, -0.15) is 5.10 Å². The first-order valence-electron chi connectivity index (χ1n) is 11.0. The maximum Gasteiger partial charge on any atom is 0.309 e. The summed E-state index contributed by atoms with van der Waals surface area (Å²) in [4.78, 5) is 38.8. The average Bonchev–Trinajstić information content (AvgIpc) is 3.35. The zero-order chi connectivity index (χ0) is 26.2. The van der Waals surface area contributed by atoms with Crippen LogP contribution < -0.4 is 10.6 Å². The molecule has 2 amide bonds. The molecule has 2 atom stereocenters. The number of carbonyl (C=O) groups excluding carboxylic acids is 3. The molecule has 2 unspecified atom stereocenters. The fourth-order valence-electron chi connectivity index (χ4n) is 3.36. The molecule has 0 aliphatic carbocycles. The Morgan fingerprint density at radius 2 is 2.00 bits per heavy atom. The van der Waals surface area contributed by atoms with Crippen LogP contribution in [0.3, 0.4) is 0 Å². The number of carbonyl (C=O) groups is 3. The van der Waals surface area contributed by atoms with Crippen LogP contribution in [0.2, 0.25) is 5.02 Å². The van der Waals surface area contributed by atoms with E-state index in [0.29, 0.717) is 16.3 Å². The van der Waals surface area contributed by atoms with Crippen molar-refractivity contribution in [2.75, 3.05) is 5.32 Å². The molecule has 36 heavy (non-hydrogen) atoms. The van der Waals surface area contributed by atoms with Gasteiger partial charge in [0, 0.05) is 35.5 Å². The van der Waals surface area contributed by atoms with Crippen molar-refractivity contribution in [3.63, 3.8) is 0 Å². The highest BCUT2D eigenvalue weighted by atomic mass is 127. The van der Waals surface area contributed by atoms with Crippen LogP contribution in [0.25, 0.3) is 0 Å². The number of hydrazone groups is 1. The summed E-state index contributed by atoms with van der Waals surface area (Å²) in [6, 6.07) is 9.24. The quantitative estimate of drug-likeness (QED) is 0.185. The number of nitrogens with zero attached hydrogens (tertiary/aromatic N) is 3. The summed E-state index contributed by atoms with van der Waals surface area (Å²) in [5.74, 6) is -2.79. The van der Waals surface area contributed by atoms with E-state index in [2.05, 4.69) is 18.9 Å². The number of nitrogens with one attached hydrogen (secondary N) is 2. The van der Waals surface area contributed by atoms with E-state index in [0.717, 1.165) is 17.1 Å². The first-order chi connectivity index (χ1) is 17.2. The molecule has 9 nitrogen and oxygen atoms in total. The molecule has 2 N–H and O–H groups in total. The number of hydrogen-bond donors (Lipinski definition) is 2. The number of benzene rings is 2. The van der Waals surface area contributed by atoms with Crippen molar-refractivity contribution in [1.82, 2.24) is 10.3 Å². The summed E-state index contributed by atoms with van der Waals surface area (Å²) in [5.41, 5.74) is 1.68. The van der Waals surface area contributed by atoms with E-state index in [1.807, 2.05) is 22.9 Å². The number of rotatable bonds is 9. The lowest BCUT2D eigenvalue weighted by atomic mass is 10.1. The van der Waals surface area contributed by atoms with Crippen molar-refractivity contribution < 1.29 is 23.5 Å². The lowest BCUT2D eigenvalue weighted by Crippen LogP contribution is -2.46. The second kappa shape index (κ2) is 12.8. The number of esters is 1. The van der Waals surface area contributed by atoms with Gasteiger partial charge in [-0.25, -0.2) is 12.6 Å². The normalized spacial score (nSPS) is 15.8. The first-order valence-corrected chi connectivity index (χ1v) is 12.3. The van der Waals surface area contributed by atoms with E-state index in [-0.39, 0.29) is 18.5 Å². The van der Waals surface area contributed by atoms with Gasteiger partial charge in [-0.05, 0) is 35.9 Å². The van der Waals surface area contributed by atoms with Crippen LogP contribution in [0.4, 0.5) is 10.1 Å². The molecule has 0 saturated heterocycles. The average molecular weight is 628 g/mol. The SMILES string of the molecule is CC(C)C(=O)OC(C(=O)N1N=CCC1C(=O)NCc1cc(Cl)ccc1NC=NI)c1ccc(F)cc1. The summed E-state index contributed by atoms with van der Waals surface area (Å²) in [6.07, 6.45) is 1.72. The largest absolute Gasteiger partial charge is 0.447 e. The number of halogens is 3. The van der Waals surface area contributed by atoms with Crippen molar-refractivity contribution in [3.05, 3.63) is 64.4 Å². The van der Waals surface area contributed by atoms with Crippen LogP contribution in [0.5, 0.6) is 0 Å². The number of hydrogen-bond acceptors (Lipinski definition) is 6. The highest BCUT2D eigenvalue weighted by molar-refractivity contribution is 14.1. The van der Waals surface area contributed by atoms with Crippen LogP contribution in [-0.4, -0.2) is 41.4 Å². The molecule has 3 rings (SSSR count). The van der Waals surface area contributed by atoms with Gasteiger partial charge in [0.1, 0.15) is 11.9 Å². The monoisotopic (exact) mass is 627 g/mol. The minimum atomic E-state index is -1.39. The smallest absolute Gasteiger partial charge is 0.309 e. The van der Waals surface area contributed by atoms with Gasteiger partial charge < -0.3 is 15.4 Å². The predicted octanol–water partition coefficient (Wildman–Crippen LogP) is 4.41. The molecule has 190 valence electrons. The molecule has 12 heteroatoms. The number of ether oxygens (including phenoxy) is 1. The maximum atomic E-state index is 13.5. The van der Waals surface area contributed by atoms with E-state index >= 15 is 0 Å².